The fraction of sp³-hybridized carbons (Fsp3) is 0.167. The highest BCUT2D eigenvalue weighted by molar-refractivity contribution is 7.89. The third-order valence-corrected chi connectivity index (χ3v) is 5.63. The second-order valence-corrected chi connectivity index (χ2v) is 8.04. The second kappa shape index (κ2) is 8.96. The Hall–Kier alpha value is -2.75. The van der Waals surface area contributed by atoms with Crippen LogP contribution in [0.3, 0.4) is 0 Å². The SMILES string of the molecule is Cc1ccc(S(=O)(=O)NCCNc2cc(Nc3ccccn3)ncn2)cc1Cl. The Morgan fingerprint density at radius 3 is 2.54 bits per heavy atom. The summed E-state index contributed by atoms with van der Waals surface area (Å²) in [6.07, 6.45) is 3.09. The number of nitrogens with zero attached hydrogens (tertiary/aromatic N) is 3. The largest absolute Gasteiger partial charge is 0.369 e. The predicted molar refractivity (Wildman–Crippen MR) is 109 cm³/mol. The molecule has 8 nitrogen and oxygen atoms in total. The standard InChI is InChI=1S/C18H19ClN6O2S/c1-13-5-6-14(10-15(13)19)28(26,27)24-9-8-21-17-11-18(23-12-22-17)25-16-4-2-3-7-20-16/h2-7,10-12,24H,8-9H2,1H3,(H2,20,21,22,23,25). The molecule has 2 heterocycles. The topological polar surface area (TPSA) is 109 Å². The molecule has 0 spiro atoms. The number of aryl methyl sites for hydroxylation is 1. The van der Waals surface area contributed by atoms with Gasteiger partial charge >= 0.3 is 0 Å². The molecule has 3 rings (SSSR count). The number of halogens is 1. The molecule has 0 radical (unpaired) electrons. The van der Waals surface area contributed by atoms with Crippen LogP contribution in [0.15, 0.2) is 59.9 Å². The summed E-state index contributed by atoms with van der Waals surface area (Å²) in [4.78, 5) is 12.5. The Kier molecular flexibility index (Phi) is 6.40. The van der Waals surface area contributed by atoms with Crippen LogP contribution in [-0.4, -0.2) is 36.5 Å². The predicted octanol–water partition coefficient (Wildman–Crippen LogP) is 2.97. The maximum atomic E-state index is 12.3. The Balaban J connectivity index is 1.53. The fourth-order valence-corrected chi connectivity index (χ4v) is 3.59. The molecule has 0 bridgehead atoms. The fourth-order valence-electron chi connectivity index (χ4n) is 2.29. The van der Waals surface area contributed by atoms with Gasteiger partial charge in [0, 0.05) is 30.4 Å². The zero-order valence-corrected chi connectivity index (χ0v) is 16.6. The van der Waals surface area contributed by atoms with Gasteiger partial charge in [-0.05, 0) is 36.8 Å². The van der Waals surface area contributed by atoms with E-state index in [9.17, 15) is 8.42 Å². The lowest BCUT2D eigenvalue weighted by molar-refractivity contribution is 0.583. The van der Waals surface area contributed by atoms with Crippen molar-refractivity contribution in [2.75, 3.05) is 23.7 Å². The number of hydrogen-bond donors (Lipinski definition) is 3. The highest BCUT2D eigenvalue weighted by Gasteiger charge is 2.14. The van der Waals surface area contributed by atoms with Crippen molar-refractivity contribution < 1.29 is 8.42 Å². The lowest BCUT2D eigenvalue weighted by Gasteiger charge is -2.10. The first kappa shape index (κ1) is 20.0. The minimum atomic E-state index is -3.63. The van der Waals surface area contributed by atoms with Gasteiger partial charge in [-0.3, -0.25) is 0 Å². The molecule has 0 unspecified atom stereocenters. The number of hydrogen-bond acceptors (Lipinski definition) is 7. The number of rotatable bonds is 8. The molecule has 0 saturated carbocycles. The Morgan fingerprint density at radius 1 is 0.964 bits per heavy atom. The van der Waals surface area contributed by atoms with Crippen molar-refractivity contribution in [2.45, 2.75) is 11.8 Å². The Bertz CT molecular complexity index is 1050. The maximum Gasteiger partial charge on any atom is 0.240 e. The summed E-state index contributed by atoms with van der Waals surface area (Å²) in [6.45, 7) is 2.34. The Morgan fingerprint density at radius 2 is 1.79 bits per heavy atom. The molecule has 0 atom stereocenters. The van der Waals surface area contributed by atoms with E-state index in [1.807, 2.05) is 25.1 Å². The molecule has 0 aliphatic carbocycles. The van der Waals surface area contributed by atoms with Gasteiger partial charge in [0.15, 0.2) is 0 Å². The average molecular weight is 419 g/mol. The summed E-state index contributed by atoms with van der Waals surface area (Å²) in [5.41, 5.74) is 0.821. The summed E-state index contributed by atoms with van der Waals surface area (Å²) in [5, 5.41) is 6.53. The number of benzene rings is 1. The summed E-state index contributed by atoms with van der Waals surface area (Å²) in [7, 11) is -3.63. The van der Waals surface area contributed by atoms with E-state index >= 15 is 0 Å². The van der Waals surface area contributed by atoms with E-state index in [0.717, 1.165) is 5.56 Å². The molecule has 0 amide bonds. The molecule has 10 heteroatoms. The van der Waals surface area contributed by atoms with E-state index in [2.05, 4.69) is 30.3 Å². The van der Waals surface area contributed by atoms with Gasteiger partial charge in [0.25, 0.3) is 0 Å². The van der Waals surface area contributed by atoms with Crippen LogP contribution in [-0.2, 0) is 10.0 Å². The molecule has 0 saturated heterocycles. The number of anilines is 3. The van der Waals surface area contributed by atoms with Crippen LogP contribution >= 0.6 is 11.6 Å². The molecule has 0 aliphatic heterocycles. The van der Waals surface area contributed by atoms with E-state index < -0.39 is 10.0 Å². The number of nitrogens with one attached hydrogen (secondary N) is 3. The van der Waals surface area contributed by atoms with Crippen molar-refractivity contribution in [3.63, 3.8) is 0 Å². The lowest BCUT2D eigenvalue weighted by Crippen LogP contribution is -2.29. The number of pyridine rings is 1. The molecule has 28 heavy (non-hydrogen) atoms. The monoisotopic (exact) mass is 418 g/mol. The van der Waals surface area contributed by atoms with Crippen LogP contribution in [0.25, 0.3) is 0 Å². The van der Waals surface area contributed by atoms with Crippen molar-refractivity contribution in [3.05, 3.63) is 65.6 Å². The van der Waals surface area contributed by atoms with E-state index in [0.29, 0.717) is 29.0 Å². The van der Waals surface area contributed by atoms with Crippen LogP contribution in [0.5, 0.6) is 0 Å². The molecule has 2 aromatic heterocycles. The normalized spacial score (nSPS) is 11.2. The summed E-state index contributed by atoms with van der Waals surface area (Å²) in [6, 6.07) is 11.9. The van der Waals surface area contributed by atoms with Crippen LogP contribution in [0, 0.1) is 6.92 Å². The first-order valence-corrected chi connectivity index (χ1v) is 10.3. The van der Waals surface area contributed by atoms with Gasteiger partial charge in [-0.25, -0.2) is 28.1 Å². The number of sulfonamides is 1. The second-order valence-electron chi connectivity index (χ2n) is 5.86. The quantitative estimate of drug-likeness (QED) is 0.482. The molecule has 0 fully saturated rings. The van der Waals surface area contributed by atoms with Crippen LogP contribution in [0.4, 0.5) is 17.5 Å². The van der Waals surface area contributed by atoms with Crippen molar-refractivity contribution in [2.24, 2.45) is 0 Å². The first-order valence-electron chi connectivity index (χ1n) is 8.44. The minimum absolute atomic E-state index is 0.131. The summed E-state index contributed by atoms with van der Waals surface area (Å²) >= 11 is 6.00. The average Bonchev–Trinajstić information content (AvgIpc) is 2.68. The third-order valence-electron chi connectivity index (χ3n) is 3.76. The van der Waals surface area contributed by atoms with Gasteiger partial charge in [0.1, 0.15) is 23.8 Å². The van der Waals surface area contributed by atoms with Gasteiger partial charge in [0.2, 0.25) is 10.0 Å². The van der Waals surface area contributed by atoms with E-state index in [-0.39, 0.29) is 11.4 Å². The highest BCUT2D eigenvalue weighted by Crippen LogP contribution is 2.19. The van der Waals surface area contributed by atoms with Crippen molar-refractivity contribution >= 4 is 39.1 Å². The molecule has 3 N–H and O–H groups in total. The van der Waals surface area contributed by atoms with Gasteiger partial charge in [-0.2, -0.15) is 0 Å². The van der Waals surface area contributed by atoms with Gasteiger partial charge in [-0.1, -0.05) is 23.7 Å². The smallest absolute Gasteiger partial charge is 0.240 e. The zero-order chi connectivity index (χ0) is 20.0. The maximum absolute atomic E-state index is 12.3. The van der Waals surface area contributed by atoms with Crippen LogP contribution in [0.2, 0.25) is 5.02 Å². The highest BCUT2D eigenvalue weighted by atomic mass is 35.5. The summed E-state index contributed by atoms with van der Waals surface area (Å²) < 4.78 is 27.2. The van der Waals surface area contributed by atoms with Gasteiger partial charge in [-0.15, -0.1) is 0 Å². The molecular weight excluding hydrogens is 400 g/mol. The zero-order valence-electron chi connectivity index (χ0n) is 15.1. The minimum Gasteiger partial charge on any atom is -0.369 e. The van der Waals surface area contributed by atoms with Crippen molar-refractivity contribution in [1.29, 1.82) is 0 Å². The van der Waals surface area contributed by atoms with Crippen molar-refractivity contribution in [1.82, 2.24) is 19.7 Å². The molecule has 146 valence electrons. The van der Waals surface area contributed by atoms with E-state index in [1.165, 1.54) is 18.5 Å². The van der Waals surface area contributed by atoms with Crippen LogP contribution in [0.1, 0.15) is 5.56 Å². The van der Waals surface area contributed by atoms with Crippen molar-refractivity contribution in [3.8, 4) is 0 Å². The lowest BCUT2D eigenvalue weighted by atomic mass is 10.2. The van der Waals surface area contributed by atoms with E-state index in [4.69, 9.17) is 11.6 Å². The molecule has 3 aromatic rings. The molecule has 0 aliphatic rings. The molecule has 1 aromatic carbocycles. The Labute approximate surface area is 168 Å². The third kappa shape index (κ3) is 5.38. The summed E-state index contributed by atoms with van der Waals surface area (Å²) in [5.74, 6) is 1.80. The number of aromatic nitrogens is 3. The molecular formula is C18H19ClN6O2S. The van der Waals surface area contributed by atoms with E-state index in [1.54, 1.807) is 18.3 Å². The van der Waals surface area contributed by atoms with Crippen LogP contribution < -0.4 is 15.4 Å². The first-order chi connectivity index (χ1) is 13.4. The van der Waals surface area contributed by atoms with Gasteiger partial charge in [0.05, 0.1) is 4.90 Å². The van der Waals surface area contributed by atoms with Gasteiger partial charge < -0.3 is 10.6 Å².